The predicted molar refractivity (Wildman–Crippen MR) is 235 cm³/mol. The molecule has 57 heavy (non-hydrogen) atoms. The molecule has 0 amide bonds. The first-order chi connectivity index (χ1) is 28.2. The second-order valence-corrected chi connectivity index (χ2v) is 14.4. The number of nitrogens with zero attached hydrogens (tertiary/aromatic N) is 3. The van der Waals surface area contributed by atoms with E-state index < -0.39 is 0 Å². The number of benzene rings is 8. The number of aromatic nitrogens is 3. The third-order valence-corrected chi connectivity index (χ3v) is 10.9. The normalized spacial score (nSPS) is 11.5. The van der Waals surface area contributed by atoms with Gasteiger partial charge in [0.05, 0.1) is 22.6 Å². The van der Waals surface area contributed by atoms with Crippen LogP contribution in [0.2, 0.25) is 0 Å². The number of pyridine rings is 1. The Labute approximate surface area is 329 Å². The van der Waals surface area contributed by atoms with E-state index in [0.29, 0.717) is 5.82 Å². The zero-order valence-electron chi connectivity index (χ0n) is 30.8. The molecule has 0 atom stereocenters. The molecule has 0 aliphatic heterocycles. The van der Waals surface area contributed by atoms with Crippen molar-refractivity contribution in [2.24, 2.45) is 0 Å². The first-order valence-electron chi connectivity index (χ1n) is 19.2. The smallest absolute Gasteiger partial charge is 0.160 e. The SMILES string of the molecule is c1ccc(-c2ccc(-c3cc(-c4ccc(-c5cccc(-c6nc7ccccc7c7c6ccc6c8ccccc8oc67)c5)cc4)nc(-c4ccccc4)n3)cc2)cc1. The van der Waals surface area contributed by atoms with Crippen molar-refractivity contribution in [1.82, 2.24) is 15.0 Å². The van der Waals surface area contributed by atoms with Gasteiger partial charge in [-0.25, -0.2) is 15.0 Å². The number of furan rings is 1. The summed E-state index contributed by atoms with van der Waals surface area (Å²) in [6.07, 6.45) is 0. The Hall–Kier alpha value is -7.69. The molecule has 0 unspecified atom stereocenters. The van der Waals surface area contributed by atoms with Crippen molar-refractivity contribution in [3.8, 4) is 67.4 Å². The van der Waals surface area contributed by atoms with Crippen molar-refractivity contribution in [1.29, 1.82) is 0 Å². The van der Waals surface area contributed by atoms with Crippen molar-refractivity contribution in [2.45, 2.75) is 0 Å². The fourth-order valence-corrected chi connectivity index (χ4v) is 8.04. The van der Waals surface area contributed by atoms with E-state index in [0.717, 1.165) is 94.1 Å². The maximum absolute atomic E-state index is 6.55. The molecule has 0 aliphatic carbocycles. The van der Waals surface area contributed by atoms with Crippen LogP contribution in [0.4, 0.5) is 0 Å². The highest BCUT2D eigenvalue weighted by atomic mass is 16.3. The average Bonchev–Trinajstić information content (AvgIpc) is 3.68. The molecule has 0 fully saturated rings. The van der Waals surface area contributed by atoms with Crippen molar-refractivity contribution >= 4 is 43.6 Å². The minimum atomic E-state index is 0.696. The van der Waals surface area contributed by atoms with Gasteiger partial charge in [0.25, 0.3) is 0 Å². The Morgan fingerprint density at radius 2 is 0.842 bits per heavy atom. The van der Waals surface area contributed by atoms with E-state index in [1.54, 1.807) is 0 Å². The Bertz CT molecular complexity index is 3260. The molecule has 0 radical (unpaired) electrons. The Balaban J connectivity index is 0.978. The van der Waals surface area contributed by atoms with Gasteiger partial charge in [0.2, 0.25) is 0 Å². The van der Waals surface area contributed by atoms with E-state index in [4.69, 9.17) is 19.4 Å². The summed E-state index contributed by atoms with van der Waals surface area (Å²) in [4.78, 5) is 15.4. The molecule has 3 aromatic heterocycles. The van der Waals surface area contributed by atoms with Crippen molar-refractivity contribution in [2.75, 3.05) is 0 Å². The van der Waals surface area contributed by atoms with Crippen LogP contribution in [0, 0.1) is 0 Å². The van der Waals surface area contributed by atoms with Gasteiger partial charge in [0.1, 0.15) is 11.2 Å². The van der Waals surface area contributed by atoms with Crippen LogP contribution in [-0.4, -0.2) is 15.0 Å². The number of fused-ring (bicyclic) bond motifs is 7. The number of hydrogen-bond donors (Lipinski definition) is 0. The van der Waals surface area contributed by atoms with Crippen LogP contribution >= 0.6 is 0 Å². The van der Waals surface area contributed by atoms with Gasteiger partial charge in [0.15, 0.2) is 5.82 Å². The van der Waals surface area contributed by atoms with E-state index >= 15 is 0 Å². The molecule has 4 nitrogen and oxygen atoms in total. The lowest BCUT2D eigenvalue weighted by Crippen LogP contribution is -1.96. The standard InChI is InChI=1S/C53H33N3O/c1-3-12-34(13-4-1)35-22-26-37(27-23-35)47-33-48(56-53(55-47)39-14-5-2-6-15-39)38-28-24-36(25-29-38)40-16-11-17-41(32-40)51-45-31-30-43-42-18-8-10-21-49(42)57-52(43)50(45)44-19-7-9-20-46(44)54-51/h1-33H. The van der Waals surface area contributed by atoms with E-state index in [1.807, 2.05) is 42.5 Å². The van der Waals surface area contributed by atoms with Crippen LogP contribution in [0.5, 0.6) is 0 Å². The van der Waals surface area contributed by atoms with Gasteiger partial charge in [-0.15, -0.1) is 0 Å². The van der Waals surface area contributed by atoms with Crippen LogP contribution < -0.4 is 0 Å². The predicted octanol–water partition coefficient (Wildman–Crippen LogP) is 14.1. The molecule has 0 spiro atoms. The molecular formula is C53H33N3O. The summed E-state index contributed by atoms with van der Waals surface area (Å²) >= 11 is 0. The zero-order chi connectivity index (χ0) is 37.7. The van der Waals surface area contributed by atoms with Gasteiger partial charge >= 0.3 is 0 Å². The third-order valence-electron chi connectivity index (χ3n) is 10.9. The third kappa shape index (κ3) is 5.83. The molecule has 11 rings (SSSR count). The monoisotopic (exact) mass is 727 g/mol. The summed E-state index contributed by atoms with van der Waals surface area (Å²) in [7, 11) is 0. The van der Waals surface area contributed by atoms with E-state index in [1.165, 1.54) is 11.1 Å². The molecule has 0 N–H and O–H groups in total. The van der Waals surface area contributed by atoms with Gasteiger partial charge < -0.3 is 4.42 Å². The summed E-state index contributed by atoms with van der Waals surface area (Å²) in [5, 5.41) is 5.47. The van der Waals surface area contributed by atoms with Crippen LogP contribution in [-0.2, 0) is 0 Å². The van der Waals surface area contributed by atoms with Gasteiger partial charge in [-0.2, -0.15) is 0 Å². The minimum Gasteiger partial charge on any atom is -0.455 e. The highest BCUT2D eigenvalue weighted by Crippen LogP contribution is 2.41. The zero-order valence-corrected chi connectivity index (χ0v) is 30.8. The number of rotatable bonds is 6. The van der Waals surface area contributed by atoms with Gasteiger partial charge in [0, 0.05) is 49.2 Å². The Kier molecular flexibility index (Phi) is 7.78. The molecule has 4 heteroatoms. The Morgan fingerprint density at radius 1 is 0.316 bits per heavy atom. The number of para-hydroxylation sites is 2. The second kappa shape index (κ2) is 13.6. The Morgan fingerprint density at radius 3 is 1.56 bits per heavy atom. The van der Waals surface area contributed by atoms with Gasteiger partial charge in [-0.1, -0.05) is 170 Å². The lowest BCUT2D eigenvalue weighted by molar-refractivity contribution is 0.673. The minimum absolute atomic E-state index is 0.696. The van der Waals surface area contributed by atoms with E-state index in [-0.39, 0.29) is 0 Å². The molecule has 0 aliphatic rings. The van der Waals surface area contributed by atoms with Crippen molar-refractivity contribution < 1.29 is 4.42 Å². The summed E-state index contributed by atoms with van der Waals surface area (Å²) in [6.45, 7) is 0. The number of hydrogen-bond acceptors (Lipinski definition) is 4. The van der Waals surface area contributed by atoms with Crippen LogP contribution in [0.1, 0.15) is 0 Å². The summed E-state index contributed by atoms with van der Waals surface area (Å²) in [5.41, 5.74) is 14.1. The molecular weight excluding hydrogens is 695 g/mol. The first kappa shape index (κ1) is 32.7. The largest absolute Gasteiger partial charge is 0.455 e. The van der Waals surface area contributed by atoms with Crippen LogP contribution in [0.15, 0.2) is 205 Å². The molecule has 0 bridgehead atoms. The second-order valence-electron chi connectivity index (χ2n) is 14.4. The molecule has 0 saturated carbocycles. The van der Waals surface area contributed by atoms with Gasteiger partial charge in [-0.05, 0) is 52.6 Å². The molecule has 266 valence electrons. The molecule has 11 aromatic rings. The summed E-state index contributed by atoms with van der Waals surface area (Å²) in [5.74, 6) is 0.696. The molecule has 0 saturated heterocycles. The molecule has 3 heterocycles. The lowest BCUT2D eigenvalue weighted by Gasteiger charge is -2.12. The van der Waals surface area contributed by atoms with Crippen molar-refractivity contribution in [3.05, 3.63) is 200 Å². The first-order valence-corrected chi connectivity index (χ1v) is 19.2. The average molecular weight is 728 g/mol. The van der Waals surface area contributed by atoms with E-state index in [9.17, 15) is 0 Å². The molecule has 8 aromatic carbocycles. The fraction of sp³-hybridized carbons (Fsp3) is 0. The van der Waals surface area contributed by atoms with Gasteiger partial charge in [-0.3, -0.25) is 0 Å². The quantitative estimate of drug-likeness (QED) is 0.160. The highest BCUT2D eigenvalue weighted by Gasteiger charge is 2.18. The highest BCUT2D eigenvalue weighted by molar-refractivity contribution is 6.24. The van der Waals surface area contributed by atoms with Crippen molar-refractivity contribution in [3.63, 3.8) is 0 Å². The summed E-state index contributed by atoms with van der Waals surface area (Å²) in [6, 6.07) is 69.6. The summed E-state index contributed by atoms with van der Waals surface area (Å²) < 4.78 is 6.55. The van der Waals surface area contributed by atoms with Crippen LogP contribution in [0.3, 0.4) is 0 Å². The maximum atomic E-state index is 6.55. The maximum Gasteiger partial charge on any atom is 0.160 e. The lowest BCUT2D eigenvalue weighted by atomic mass is 9.95. The fourth-order valence-electron chi connectivity index (χ4n) is 8.04. The van der Waals surface area contributed by atoms with E-state index in [2.05, 4.69) is 158 Å². The topological polar surface area (TPSA) is 51.8 Å². The van der Waals surface area contributed by atoms with Crippen LogP contribution in [0.25, 0.3) is 111 Å².